The van der Waals surface area contributed by atoms with E-state index in [1.54, 1.807) is 23.6 Å². The van der Waals surface area contributed by atoms with Crippen LogP contribution in [0.15, 0.2) is 47.9 Å². The molecule has 14 heteroatoms. The number of carbonyl (C=O) groups is 1. The Hall–Kier alpha value is -4.88. The Morgan fingerprint density at radius 3 is 2.54 bits per heavy atom. The fourth-order valence-electron chi connectivity index (χ4n) is 6.39. The minimum atomic E-state index is -3.45. The summed E-state index contributed by atoms with van der Waals surface area (Å²) < 4.78 is 83.3. The number of anilines is 1. The molecule has 0 N–H and O–H groups in total. The molecule has 0 unspecified atom stereocenters. The summed E-state index contributed by atoms with van der Waals surface area (Å²) in [6.45, 7) is 10.0. The average Bonchev–Trinajstić information content (AvgIpc) is 3.05. The molecule has 2 aliphatic rings. The Balaban J connectivity index is 1.72. The number of piperazine rings is 1. The molecule has 5 heterocycles. The van der Waals surface area contributed by atoms with Crippen molar-refractivity contribution in [1.82, 2.24) is 24.4 Å². The third kappa shape index (κ3) is 5.66. The van der Waals surface area contributed by atoms with Crippen LogP contribution in [-0.4, -0.2) is 68.0 Å². The van der Waals surface area contributed by atoms with E-state index in [9.17, 15) is 14.0 Å². The first-order valence-electron chi connectivity index (χ1n) is 15.5. The molecule has 0 saturated carbocycles. The van der Waals surface area contributed by atoms with E-state index in [0.29, 0.717) is 17.3 Å². The molecule has 0 spiro atoms. The summed E-state index contributed by atoms with van der Waals surface area (Å²) in [5.74, 6) is -8.61. The first-order chi connectivity index (χ1) is 22.7. The van der Waals surface area contributed by atoms with Crippen molar-refractivity contribution in [2.45, 2.75) is 64.5 Å². The zero-order valence-corrected chi connectivity index (χ0v) is 26.7. The minimum absolute atomic E-state index is 0.0439. The van der Waals surface area contributed by atoms with E-state index < -0.39 is 65.1 Å². The van der Waals surface area contributed by atoms with Crippen LogP contribution in [0.5, 0.6) is 5.75 Å². The molecule has 9 nitrogen and oxygen atoms in total. The predicted molar refractivity (Wildman–Crippen MR) is 169 cm³/mol. The van der Waals surface area contributed by atoms with Gasteiger partial charge in [-0.2, -0.15) is 4.98 Å². The van der Waals surface area contributed by atoms with Crippen LogP contribution in [0.2, 0.25) is 0 Å². The van der Waals surface area contributed by atoms with E-state index in [1.165, 1.54) is 18.3 Å². The van der Waals surface area contributed by atoms with Crippen molar-refractivity contribution in [3.63, 3.8) is 0 Å². The zero-order valence-electron chi connectivity index (χ0n) is 26.7. The number of aromatic nitrogens is 4. The highest BCUT2D eigenvalue weighted by atomic mass is 19.3. The highest BCUT2D eigenvalue weighted by Crippen LogP contribution is 2.40. The van der Waals surface area contributed by atoms with Gasteiger partial charge in [0.2, 0.25) is 5.91 Å². The van der Waals surface area contributed by atoms with E-state index in [1.807, 2.05) is 13.8 Å². The Kier molecular flexibility index (Phi) is 8.46. The van der Waals surface area contributed by atoms with Gasteiger partial charge >= 0.3 is 5.69 Å². The normalized spacial score (nSPS) is 19.2. The monoisotopic (exact) mass is 668 g/mol. The van der Waals surface area contributed by atoms with Crippen molar-refractivity contribution in [3.05, 3.63) is 82.3 Å². The summed E-state index contributed by atoms with van der Waals surface area (Å²) in [6, 6.07) is 3.39. The molecule has 0 aliphatic carbocycles. The lowest BCUT2D eigenvalue weighted by molar-refractivity contribution is -0.128. The van der Waals surface area contributed by atoms with E-state index in [-0.39, 0.29) is 59.9 Å². The number of halogens is 5. The Labute approximate surface area is 272 Å². The summed E-state index contributed by atoms with van der Waals surface area (Å²) in [7, 11) is 0. The maximum absolute atomic E-state index is 16.3. The van der Waals surface area contributed by atoms with Gasteiger partial charge in [-0.05, 0) is 62.1 Å². The molecule has 1 fully saturated rings. The lowest BCUT2D eigenvalue weighted by atomic mass is 9.99. The summed E-state index contributed by atoms with van der Waals surface area (Å²) in [5.41, 5.74) is -1.78. The third-order valence-electron chi connectivity index (χ3n) is 8.82. The van der Waals surface area contributed by atoms with Crippen molar-refractivity contribution >= 4 is 22.8 Å². The van der Waals surface area contributed by atoms with Crippen LogP contribution in [0.3, 0.4) is 0 Å². The molecule has 252 valence electrons. The summed E-state index contributed by atoms with van der Waals surface area (Å²) >= 11 is 0. The van der Waals surface area contributed by atoms with Crippen molar-refractivity contribution in [2.24, 2.45) is 0 Å². The molecule has 6 rings (SSSR count). The number of amides is 1. The number of nitrogens with zero attached hydrogens (tertiary/aromatic N) is 6. The van der Waals surface area contributed by atoms with Gasteiger partial charge in [-0.1, -0.05) is 20.4 Å². The molecule has 4 aromatic rings. The number of rotatable bonds is 3. The zero-order chi connectivity index (χ0) is 34.7. The van der Waals surface area contributed by atoms with Gasteiger partial charge in [-0.3, -0.25) is 9.78 Å². The molecule has 0 radical (unpaired) electrons. The number of pyridine rings is 2. The molecule has 2 aliphatic heterocycles. The molecule has 2 atom stereocenters. The summed E-state index contributed by atoms with van der Waals surface area (Å²) in [4.78, 5) is 43.5. The molecular formula is C34H33F5N6O3. The summed E-state index contributed by atoms with van der Waals surface area (Å²) in [5, 5.41) is 0.0439. The van der Waals surface area contributed by atoms with Gasteiger partial charge in [0.05, 0.1) is 22.3 Å². The van der Waals surface area contributed by atoms with E-state index >= 15 is 17.6 Å². The highest BCUT2D eigenvalue weighted by molar-refractivity contribution is 5.92. The second-order valence-corrected chi connectivity index (χ2v) is 12.5. The number of hydrogen-bond donors (Lipinski definition) is 0. The second-order valence-electron chi connectivity index (χ2n) is 12.5. The molecule has 1 saturated heterocycles. The van der Waals surface area contributed by atoms with Crippen LogP contribution in [-0.2, 0) is 11.2 Å². The molecule has 2 bridgehead atoms. The first-order valence-corrected chi connectivity index (χ1v) is 15.5. The largest absolute Gasteiger partial charge is 0.486 e. The fraction of sp³-hybridized carbons (Fsp3) is 0.382. The number of alkyl halides is 2. The van der Waals surface area contributed by atoms with Crippen LogP contribution >= 0.6 is 0 Å². The number of carbonyl (C=O) groups excluding carboxylic acids is 1. The lowest BCUT2D eigenvalue weighted by Crippen LogP contribution is -2.58. The Morgan fingerprint density at radius 1 is 1.08 bits per heavy atom. The predicted octanol–water partition coefficient (Wildman–Crippen LogP) is 5.96. The van der Waals surface area contributed by atoms with Crippen LogP contribution in [0, 0.1) is 17.5 Å². The van der Waals surface area contributed by atoms with Crippen molar-refractivity contribution in [1.29, 1.82) is 0 Å². The molecule has 1 amide bonds. The number of hydrogen-bond acceptors (Lipinski definition) is 7. The maximum atomic E-state index is 16.3. The standard InChI is InChI=1S/C34H33F5N6O3/c1-6-25(46)43-14-19(5)44(15-18(43)4)31-21-13-23(36)29-26-24(8-7-22(35)27(26)37)48-16-34(38,39)11-9-20-10-12-40-28(17(2)3)30(20)45(32(21)41-29)33(47)42-31/h6-8,10,12-13,17-19H,1,9,11,14-16H2,2-5H3/t18-,19+/m1/s1. The number of benzene rings is 1. The maximum Gasteiger partial charge on any atom is 0.355 e. The quantitative estimate of drug-likeness (QED) is 0.197. The highest BCUT2D eigenvalue weighted by Gasteiger charge is 2.36. The molecule has 3 aromatic heterocycles. The van der Waals surface area contributed by atoms with Crippen molar-refractivity contribution < 1.29 is 31.5 Å². The number of aryl methyl sites for hydroxylation is 1. The van der Waals surface area contributed by atoms with Gasteiger partial charge in [-0.15, -0.1) is 0 Å². The van der Waals surface area contributed by atoms with Crippen LogP contribution in [0.1, 0.15) is 51.3 Å². The third-order valence-corrected chi connectivity index (χ3v) is 8.82. The Morgan fingerprint density at radius 2 is 1.83 bits per heavy atom. The van der Waals surface area contributed by atoms with E-state index in [4.69, 9.17) is 4.74 Å². The van der Waals surface area contributed by atoms with Crippen LogP contribution < -0.4 is 15.3 Å². The minimum Gasteiger partial charge on any atom is -0.486 e. The van der Waals surface area contributed by atoms with E-state index in [0.717, 1.165) is 16.7 Å². The van der Waals surface area contributed by atoms with Gasteiger partial charge in [0.1, 0.15) is 17.3 Å². The average molecular weight is 669 g/mol. The molecular weight excluding hydrogens is 635 g/mol. The van der Waals surface area contributed by atoms with Gasteiger partial charge < -0.3 is 14.5 Å². The van der Waals surface area contributed by atoms with Gasteiger partial charge in [-0.25, -0.2) is 36.3 Å². The van der Waals surface area contributed by atoms with Gasteiger partial charge in [0.25, 0.3) is 5.92 Å². The van der Waals surface area contributed by atoms with Crippen LogP contribution in [0.4, 0.5) is 27.8 Å². The van der Waals surface area contributed by atoms with Gasteiger partial charge in [0, 0.05) is 37.8 Å². The topological polar surface area (TPSA) is 93.5 Å². The molecule has 1 aromatic carbocycles. The lowest BCUT2D eigenvalue weighted by Gasteiger charge is -2.44. The SMILES string of the molecule is C=CC(=O)N1C[C@H](C)N(c2nc(=O)n3c4nc(c(F)cc24)-c2c(ccc(F)c2F)OCC(F)(F)CCc2ccnc(C(C)C)c2-3)C[C@H]1C. The first kappa shape index (κ1) is 33.0. The van der Waals surface area contributed by atoms with Gasteiger partial charge in [0.15, 0.2) is 29.7 Å². The number of ether oxygens (including phenoxy) is 1. The van der Waals surface area contributed by atoms with Crippen molar-refractivity contribution in [2.75, 3.05) is 24.6 Å². The summed E-state index contributed by atoms with van der Waals surface area (Å²) in [6.07, 6.45) is 1.71. The van der Waals surface area contributed by atoms with Crippen molar-refractivity contribution in [3.8, 4) is 22.7 Å². The molecule has 48 heavy (non-hydrogen) atoms. The fourth-order valence-corrected chi connectivity index (χ4v) is 6.39. The Bertz CT molecular complexity index is 2020. The smallest absolute Gasteiger partial charge is 0.355 e. The number of fused-ring (bicyclic) bond motifs is 5. The van der Waals surface area contributed by atoms with E-state index in [2.05, 4.69) is 21.5 Å². The van der Waals surface area contributed by atoms with Crippen LogP contribution in [0.25, 0.3) is 28.0 Å². The second kappa shape index (κ2) is 12.3.